The zero-order chi connectivity index (χ0) is 96.2. The van der Waals surface area contributed by atoms with Gasteiger partial charge in [-0.15, -0.1) is 11.3 Å². The van der Waals surface area contributed by atoms with Crippen molar-refractivity contribution in [1.82, 2.24) is 9.13 Å². The summed E-state index contributed by atoms with van der Waals surface area (Å²) >= 11 is 1.87. The van der Waals surface area contributed by atoms with E-state index in [0.29, 0.717) is 0 Å². The number of ether oxygens (including phenoxy) is 3. The van der Waals surface area contributed by atoms with Gasteiger partial charge < -0.3 is 23.3 Å². The van der Waals surface area contributed by atoms with Gasteiger partial charge in [0.25, 0.3) is 0 Å². The number of hydrogen-bond acceptors (Lipinski definition) is 4. The third kappa shape index (κ3) is 12.5. The monoisotopic (exact) mass is 1890 g/mol. The molecule has 0 amide bonds. The van der Waals surface area contributed by atoms with Crippen LogP contribution in [0.5, 0.6) is 34.5 Å². The first-order chi connectivity index (χ1) is 73.0. The van der Waals surface area contributed by atoms with Gasteiger partial charge in [-0.05, 0) is 185 Å². The Hall–Kier alpha value is -18.7. The van der Waals surface area contributed by atoms with Crippen molar-refractivity contribution in [3.05, 3.63) is 554 Å². The van der Waals surface area contributed by atoms with Crippen LogP contribution >= 0.6 is 11.3 Å². The SMILES string of the molecule is c1cc(C2c3c(c4ccccc4c4ccccc34)Oc3c2c2ccccc2c2ccccc32)cc(-n2c3ccccc3c3ccccc32)c1.c1ccc2c(c1)c1c(c3ccccc32)C(c2ccc(-n3c4ccccc4c4ccccc43)cc2)c2c(c3ccccc3c3ccccc23)O1.c1ccc2c(c1)sc1cc(-c3ccc(C4c5c(c6ccccc6c6ccccc56)Oc5c4c4ccccc4c4ccccc54)cc3)ccc12. The molecule has 0 radical (unpaired) electrons. The van der Waals surface area contributed by atoms with Crippen LogP contribution in [0.15, 0.2) is 504 Å². The van der Waals surface area contributed by atoms with Gasteiger partial charge in [-0.3, -0.25) is 0 Å². The van der Waals surface area contributed by atoms with Crippen LogP contribution in [0.4, 0.5) is 0 Å². The normalized spacial score (nSPS) is 13.0. The van der Waals surface area contributed by atoms with Gasteiger partial charge in [-0.1, -0.05) is 443 Å². The predicted molar refractivity (Wildman–Crippen MR) is 618 cm³/mol. The fourth-order valence-corrected chi connectivity index (χ4v) is 26.9. The van der Waals surface area contributed by atoms with Crippen LogP contribution in [0.2, 0.25) is 0 Å². The lowest BCUT2D eigenvalue weighted by Crippen LogP contribution is -2.14. The first-order valence-corrected chi connectivity index (χ1v) is 51.7. The molecule has 684 valence electrons. The minimum atomic E-state index is -0.0733. The Bertz CT molecular complexity index is 10400. The van der Waals surface area contributed by atoms with Crippen LogP contribution < -0.4 is 14.2 Å². The van der Waals surface area contributed by atoms with Gasteiger partial charge >= 0.3 is 0 Å². The van der Waals surface area contributed by atoms with Crippen molar-refractivity contribution < 1.29 is 14.2 Å². The average molecular weight is 1890 g/mol. The van der Waals surface area contributed by atoms with E-state index in [9.17, 15) is 0 Å². The minimum absolute atomic E-state index is 0.0260. The minimum Gasteiger partial charge on any atom is -0.455 e. The molecular weight excluding hydrogens is 1800 g/mol. The van der Waals surface area contributed by atoms with Gasteiger partial charge in [0.05, 0.1) is 22.1 Å². The van der Waals surface area contributed by atoms with Crippen molar-refractivity contribution >= 4 is 204 Å². The number of para-hydroxylation sites is 4. The Balaban J connectivity index is 0.0000000999. The molecule has 3 aliphatic rings. The first kappa shape index (κ1) is 83.0. The van der Waals surface area contributed by atoms with Crippen LogP contribution in [0.1, 0.15) is 67.8 Å². The second-order valence-corrected chi connectivity index (χ2v) is 40.5. The molecule has 0 fully saturated rings. The highest BCUT2D eigenvalue weighted by Gasteiger charge is 2.41. The summed E-state index contributed by atoms with van der Waals surface area (Å²) in [6.45, 7) is 0. The molecule has 5 nitrogen and oxygen atoms in total. The summed E-state index contributed by atoms with van der Waals surface area (Å²) in [5, 5.41) is 36.8. The van der Waals surface area contributed by atoms with Crippen molar-refractivity contribution in [2.24, 2.45) is 0 Å². The average Bonchev–Trinajstić information content (AvgIpc) is 1.51. The molecule has 0 saturated carbocycles. The highest BCUT2D eigenvalue weighted by molar-refractivity contribution is 7.25. The first-order valence-electron chi connectivity index (χ1n) is 50.8. The van der Waals surface area contributed by atoms with Gasteiger partial charge in [0.15, 0.2) is 0 Å². The lowest BCUT2D eigenvalue weighted by molar-refractivity contribution is 0.467. The maximum absolute atomic E-state index is 7.28. The predicted octanol–water partition coefficient (Wildman–Crippen LogP) is 39.0. The number of nitrogens with zero attached hydrogens (tertiary/aromatic N) is 2. The number of rotatable bonds is 6. The largest absolute Gasteiger partial charge is 0.455 e. The van der Waals surface area contributed by atoms with Crippen LogP contribution in [-0.2, 0) is 0 Å². The van der Waals surface area contributed by atoms with E-state index in [4.69, 9.17) is 14.2 Å². The Morgan fingerprint density at radius 3 is 0.673 bits per heavy atom. The lowest BCUT2D eigenvalue weighted by atomic mass is 9.76. The maximum Gasteiger partial charge on any atom is 0.140 e. The zero-order valence-corrected chi connectivity index (χ0v) is 80.5. The third-order valence-electron chi connectivity index (χ3n) is 31.9. The van der Waals surface area contributed by atoms with Gasteiger partial charge in [-0.2, -0.15) is 0 Å². The number of fused-ring (bicyclic) bond motifs is 45. The van der Waals surface area contributed by atoms with E-state index in [2.05, 4.69) is 513 Å². The highest BCUT2D eigenvalue weighted by atomic mass is 32.1. The van der Waals surface area contributed by atoms with E-state index in [0.717, 1.165) is 78.2 Å². The number of hydrogen-bond donors (Lipinski definition) is 0. The molecule has 0 spiro atoms. The van der Waals surface area contributed by atoms with Crippen LogP contribution in [0.25, 0.3) is 216 Å². The summed E-state index contributed by atoms with van der Waals surface area (Å²) in [7, 11) is 0. The van der Waals surface area contributed by atoms with Crippen molar-refractivity contribution in [3.8, 4) is 57.0 Å². The van der Waals surface area contributed by atoms with E-state index >= 15 is 0 Å². The molecule has 6 heterocycles. The van der Waals surface area contributed by atoms with Gasteiger partial charge in [-0.25, -0.2) is 0 Å². The molecule has 30 aromatic rings. The molecule has 6 heteroatoms. The second kappa shape index (κ2) is 32.9. The molecule has 27 aromatic carbocycles. The van der Waals surface area contributed by atoms with Gasteiger partial charge in [0.2, 0.25) is 0 Å². The van der Waals surface area contributed by atoms with E-state index in [1.54, 1.807) is 0 Å². The molecule has 0 aliphatic carbocycles. The molecule has 0 saturated heterocycles. The molecule has 33 rings (SSSR count). The van der Waals surface area contributed by atoms with Crippen LogP contribution in [0.3, 0.4) is 0 Å². The Morgan fingerprint density at radius 1 is 0.143 bits per heavy atom. The molecule has 3 aliphatic heterocycles. The summed E-state index contributed by atoms with van der Waals surface area (Å²) in [5.41, 5.74) is 20.8. The molecule has 147 heavy (non-hydrogen) atoms. The van der Waals surface area contributed by atoms with Gasteiger partial charge in [0.1, 0.15) is 34.5 Å². The topological polar surface area (TPSA) is 37.5 Å². The molecule has 0 N–H and O–H groups in total. The van der Waals surface area contributed by atoms with E-state index < -0.39 is 0 Å². The van der Waals surface area contributed by atoms with Crippen LogP contribution in [-0.4, -0.2) is 9.13 Å². The molecule has 3 aromatic heterocycles. The second-order valence-electron chi connectivity index (χ2n) is 39.5. The Labute approximate surface area is 849 Å². The van der Waals surface area contributed by atoms with Crippen molar-refractivity contribution in [2.75, 3.05) is 0 Å². The summed E-state index contributed by atoms with van der Waals surface area (Å²) < 4.78 is 29.2. The smallest absolute Gasteiger partial charge is 0.140 e. The fourth-order valence-electron chi connectivity index (χ4n) is 25.8. The molecular formula is C141H86N2O3S. The number of benzene rings is 27. The fraction of sp³-hybridized carbons (Fsp3) is 0.0213. The third-order valence-corrected chi connectivity index (χ3v) is 33.1. The standard InChI is InChI=1S/2C47H29NO.C47H28OS/c1-5-22-37-31(16-1)33-18-3-7-24-39(33)46-44(37)43(45-38-23-6-2-17-32(38)34-19-4-8-25-40(34)47(45)49-46)29-14-13-15-30(28-29)48-41-26-11-9-20-35(41)36-21-10-12-27-42(36)48;1-5-19-37-31(13-1)33-15-3-7-21-39(33)46-44(37)43(45-38-20-6-2-14-32(38)34-16-4-8-22-40(34)47(45)49-46)29-25-27-30(28-26-29)48-41-23-11-9-17-35(41)36-18-10-12-24-42(36)48;1-5-16-37-31(11-1)33-13-3-7-18-39(33)46-44(37)43(45-38-17-6-2-12-32(38)34-14-4-8-19-40(34)47(45)48-46)29-23-21-28(22-24-29)30-25-26-36-35-15-9-10-20-41(35)49-42(36)27-30/h2*1-28,43H;1-27,43H. The molecule has 0 bridgehead atoms. The van der Waals surface area contributed by atoms with E-state index in [1.165, 1.54) is 222 Å². The van der Waals surface area contributed by atoms with Gasteiger partial charge in [0, 0.05) is 137 Å². The zero-order valence-electron chi connectivity index (χ0n) is 79.7. The highest BCUT2D eigenvalue weighted by Crippen LogP contribution is 2.63. The van der Waals surface area contributed by atoms with E-state index in [1.807, 2.05) is 11.3 Å². The summed E-state index contributed by atoms with van der Waals surface area (Å²) in [6, 6.07) is 184. The number of thiophene rings is 1. The van der Waals surface area contributed by atoms with Crippen molar-refractivity contribution in [1.29, 1.82) is 0 Å². The Morgan fingerprint density at radius 2 is 0.367 bits per heavy atom. The summed E-state index contributed by atoms with van der Waals surface area (Å²) in [4.78, 5) is 0. The van der Waals surface area contributed by atoms with E-state index in [-0.39, 0.29) is 17.8 Å². The molecule has 0 atom stereocenters. The van der Waals surface area contributed by atoms with Crippen molar-refractivity contribution in [2.45, 2.75) is 17.8 Å². The molecule has 0 unspecified atom stereocenters. The number of aromatic nitrogens is 2. The Kier molecular flexibility index (Phi) is 18.6. The lowest BCUT2D eigenvalue weighted by Gasteiger charge is -2.33. The quantitative estimate of drug-likeness (QED) is 0.156. The van der Waals surface area contributed by atoms with Crippen LogP contribution in [0, 0.1) is 0 Å². The summed E-state index contributed by atoms with van der Waals surface area (Å²) in [5.74, 6) is 5.60. The summed E-state index contributed by atoms with van der Waals surface area (Å²) in [6.07, 6.45) is 0. The maximum atomic E-state index is 7.28. The van der Waals surface area contributed by atoms with Crippen molar-refractivity contribution in [3.63, 3.8) is 0 Å².